The molecule has 0 spiro atoms. The zero-order valence-corrected chi connectivity index (χ0v) is 11.0. The SMILES string of the molecule is COC(=O)c1cccc(Br)c1C(=O)CCCl. The molecule has 86 valence electrons. The van der Waals surface area contributed by atoms with Gasteiger partial charge in [-0.05, 0) is 12.1 Å². The van der Waals surface area contributed by atoms with E-state index in [0.29, 0.717) is 10.0 Å². The van der Waals surface area contributed by atoms with Crippen LogP contribution in [0.15, 0.2) is 22.7 Å². The average molecular weight is 306 g/mol. The van der Waals surface area contributed by atoms with E-state index >= 15 is 0 Å². The highest BCUT2D eigenvalue weighted by molar-refractivity contribution is 9.10. The molecule has 3 nitrogen and oxygen atoms in total. The first-order chi connectivity index (χ1) is 7.61. The van der Waals surface area contributed by atoms with Crippen LogP contribution in [0.5, 0.6) is 0 Å². The van der Waals surface area contributed by atoms with Crippen LogP contribution in [0.25, 0.3) is 0 Å². The van der Waals surface area contributed by atoms with Gasteiger partial charge in [0.1, 0.15) is 0 Å². The summed E-state index contributed by atoms with van der Waals surface area (Å²) in [6, 6.07) is 4.93. The van der Waals surface area contributed by atoms with E-state index in [0.717, 1.165) is 0 Å². The van der Waals surface area contributed by atoms with Gasteiger partial charge in [-0.3, -0.25) is 4.79 Å². The van der Waals surface area contributed by atoms with Gasteiger partial charge in [0.05, 0.1) is 12.7 Å². The molecule has 0 amide bonds. The maximum Gasteiger partial charge on any atom is 0.338 e. The van der Waals surface area contributed by atoms with Gasteiger partial charge in [-0.2, -0.15) is 0 Å². The molecular weight excluding hydrogens is 295 g/mol. The van der Waals surface area contributed by atoms with Gasteiger partial charge in [-0.25, -0.2) is 4.79 Å². The lowest BCUT2D eigenvalue weighted by Crippen LogP contribution is -2.11. The van der Waals surface area contributed by atoms with Crippen LogP contribution < -0.4 is 0 Å². The highest BCUT2D eigenvalue weighted by atomic mass is 79.9. The zero-order chi connectivity index (χ0) is 12.1. The predicted octanol–water partition coefficient (Wildman–Crippen LogP) is 3.05. The topological polar surface area (TPSA) is 43.4 Å². The molecular formula is C11H10BrClO3. The second-order valence-electron chi connectivity index (χ2n) is 3.02. The molecule has 0 saturated carbocycles. The number of methoxy groups -OCH3 is 1. The van der Waals surface area contributed by atoms with Gasteiger partial charge in [-0.15, -0.1) is 11.6 Å². The van der Waals surface area contributed by atoms with E-state index in [4.69, 9.17) is 11.6 Å². The van der Waals surface area contributed by atoms with E-state index in [2.05, 4.69) is 20.7 Å². The number of halogens is 2. The molecule has 0 aromatic heterocycles. The van der Waals surface area contributed by atoms with E-state index in [-0.39, 0.29) is 23.6 Å². The van der Waals surface area contributed by atoms with Crippen molar-refractivity contribution in [1.82, 2.24) is 0 Å². The summed E-state index contributed by atoms with van der Waals surface area (Å²) >= 11 is 8.76. The van der Waals surface area contributed by atoms with Crippen molar-refractivity contribution in [2.75, 3.05) is 13.0 Å². The Balaban J connectivity index is 3.23. The van der Waals surface area contributed by atoms with Gasteiger partial charge in [0.15, 0.2) is 5.78 Å². The van der Waals surface area contributed by atoms with Crippen LogP contribution in [0.1, 0.15) is 27.1 Å². The number of carbonyl (C=O) groups is 2. The minimum absolute atomic E-state index is 0.178. The molecule has 1 aromatic rings. The van der Waals surface area contributed by atoms with Crippen molar-refractivity contribution in [3.63, 3.8) is 0 Å². The summed E-state index contributed by atoms with van der Waals surface area (Å²) in [6.07, 6.45) is 0.189. The van der Waals surface area contributed by atoms with Crippen LogP contribution in [-0.2, 0) is 4.74 Å². The molecule has 1 rings (SSSR count). The Labute approximate surface area is 107 Å². The van der Waals surface area contributed by atoms with Crippen molar-refractivity contribution in [2.24, 2.45) is 0 Å². The normalized spacial score (nSPS) is 9.94. The third-order valence-corrected chi connectivity index (χ3v) is 2.87. The number of hydrogen-bond acceptors (Lipinski definition) is 3. The second-order valence-corrected chi connectivity index (χ2v) is 4.25. The standard InChI is InChI=1S/C11H10BrClO3/c1-16-11(15)7-3-2-4-8(12)10(7)9(14)5-6-13/h2-4H,5-6H2,1H3. The lowest BCUT2D eigenvalue weighted by Gasteiger charge is -2.08. The van der Waals surface area contributed by atoms with Gasteiger partial charge in [0.25, 0.3) is 0 Å². The first-order valence-corrected chi connectivity index (χ1v) is 5.90. The molecule has 0 radical (unpaired) electrons. The highest BCUT2D eigenvalue weighted by Crippen LogP contribution is 2.23. The van der Waals surface area contributed by atoms with Gasteiger partial charge >= 0.3 is 5.97 Å². The van der Waals surface area contributed by atoms with Crippen LogP contribution in [0, 0.1) is 0 Å². The number of hydrogen-bond donors (Lipinski definition) is 0. The first-order valence-electron chi connectivity index (χ1n) is 4.57. The number of esters is 1. The van der Waals surface area contributed by atoms with Gasteiger partial charge in [-0.1, -0.05) is 22.0 Å². The summed E-state index contributed by atoms with van der Waals surface area (Å²) in [5.74, 6) is -0.483. The maximum atomic E-state index is 11.8. The van der Waals surface area contributed by atoms with E-state index in [1.807, 2.05) is 0 Å². The van der Waals surface area contributed by atoms with Crippen LogP contribution in [0.2, 0.25) is 0 Å². The third-order valence-electron chi connectivity index (χ3n) is 2.02. The van der Waals surface area contributed by atoms with Gasteiger partial charge < -0.3 is 4.74 Å². The molecule has 5 heteroatoms. The maximum absolute atomic E-state index is 11.8. The van der Waals surface area contributed by atoms with Crippen LogP contribution in [0.4, 0.5) is 0 Å². The monoisotopic (exact) mass is 304 g/mol. The number of ketones is 1. The molecule has 0 bridgehead atoms. The minimum Gasteiger partial charge on any atom is -0.465 e. The van der Waals surface area contributed by atoms with E-state index < -0.39 is 5.97 Å². The molecule has 1 aromatic carbocycles. The lowest BCUT2D eigenvalue weighted by molar-refractivity contribution is 0.0597. The molecule has 0 saturated heterocycles. The molecule has 16 heavy (non-hydrogen) atoms. The van der Waals surface area contributed by atoms with Gasteiger partial charge in [0.2, 0.25) is 0 Å². The second kappa shape index (κ2) is 6.01. The van der Waals surface area contributed by atoms with Crippen molar-refractivity contribution in [1.29, 1.82) is 0 Å². The Morgan fingerprint density at radius 3 is 2.69 bits per heavy atom. The first kappa shape index (κ1) is 13.2. The average Bonchev–Trinajstić information content (AvgIpc) is 2.27. The van der Waals surface area contributed by atoms with E-state index in [1.54, 1.807) is 18.2 Å². The molecule has 0 N–H and O–H groups in total. The Morgan fingerprint density at radius 2 is 2.12 bits per heavy atom. The van der Waals surface area contributed by atoms with Crippen molar-refractivity contribution in [2.45, 2.75) is 6.42 Å². The van der Waals surface area contributed by atoms with Crippen molar-refractivity contribution in [3.05, 3.63) is 33.8 Å². The van der Waals surface area contributed by atoms with Crippen LogP contribution in [0.3, 0.4) is 0 Å². The summed E-state index contributed by atoms with van der Waals surface area (Å²) in [5.41, 5.74) is 0.585. The Morgan fingerprint density at radius 1 is 1.44 bits per heavy atom. The number of carbonyl (C=O) groups excluding carboxylic acids is 2. The fourth-order valence-corrected chi connectivity index (χ4v) is 2.06. The number of Topliss-reactive ketones (excluding diaryl/α,β-unsaturated/α-hetero) is 1. The highest BCUT2D eigenvalue weighted by Gasteiger charge is 2.19. The summed E-state index contributed by atoms with van der Waals surface area (Å²) < 4.78 is 5.19. The molecule has 0 aliphatic carbocycles. The molecule has 0 heterocycles. The molecule has 0 aliphatic rings. The molecule has 0 unspecified atom stereocenters. The van der Waals surface area contributed by atoms with Gasteiger partial charge in [0, 0.05) is 22.3 Å². The zero-order valence-electron chi connectivity index (χ0n) is 8.63. The Hall–Kier alpha value is -0.870. The fourth-order valence-electron chi connectivity index (χ4n) is 1.30. The van der Waals surface area contributed by atoms with Crippen molar-refractivity contribution >= 4 is 39.3 Å². The summed E-state index contributed by atoms with van der Waals surface area (Å²) in [6.45, 7) is 0. The fraction of sp³-hybridized carbons (Fsp3) is 0.273. The Bertz CT molecular complexity index is 418. The molecule has 0 aliphatic heterocycles. The molecule has 0 atom stereocenters. The third kappa shape index (κ3) is 2.83. The van der Waals surface area contributed by atoms with Crippen LogP contribution >= 0.6 is 27.5 Å². The van der Waals surface area contributed by atoms with E-state index in [1.165, 1.54) is 7.11 Å². The van der Waals surface area contributed by atoms with E-state index in [9.17, 15) is 9.59 Å². The Kier molecular flexibility index (Phi) is 4.96. The largest absolute Gasteiger partial charge is 0.465 e. The van der Waals surface area contributed by atoms with Crippen LogP contribution in [-0.4, -0.2) is 24.7 Å². The summed E-state index contributed by atoms with van der Waals surface area (Å²) in [4.78, 5) is 23.3. The number of rotatable bonds is 4. The predicted molar refractivity (Wildman–Crippen MR) is 65.1 cm³/mol. The van der Waals surface area contributed by atoms with Crippen molar-refractivity contribution in [3.8, 4) is 0 Å². The molecule has 0 fully saturated rings. The summed E-state index contributed by atoms with van der Waals surface area (Å²) in [7, 11) is 1.28. The number of ether oxygens (including phenoxy) is 1. The van der Waals surface area contributed by atoms with Crippen molar-refractivity contribution < 1.29 is 14.3 Å². The smallest absolute Gasteiger partial charge is 0.338 e. The summed E-state index contributed by atoms with van der Waals surface area (Å²) in [5, 5.41) is 0. The lowest BCUT2D eigenvalue weighted by atomic mass is 10.0. The quantitative estimate of drug-likeness (QED) is 0.488. The minimum atomic E-state index is -0.528. The number of alkyl halides is 1. The number of benzene rings is 1.